The molecule has 1 saturated carbocycles. The molecule has 0 aromatic heterocycles. The van der Waals surface area contributed by atoms with Gasteiger partial charge in [-0.3, -0.25) is 4.90 Å². The first-order valence-corrected chi connectivity index (χ1v) is 7.30. The molecule has 0 heterocycles. The molecule has 0 amide bonds. The van der Waals surface area contributed by atoms with Crippen molar-refractivity contribution in [3.05, 3.63) is 0 Å². The quantitative estimate of drug-likeness (QED) is 0.817. The van der Waals surface area contributed by atoms with Crippen LogP contribution in [0.5, 0.6) is 0 Å². The van der Waals surface area contributed by atoms with E-state index in [1.807, 2.05) is 0 Å². The Morgan fingerprint density at radius 3 is 2.12 bits per heavy atom. The minimum absolute atomic E-state index is 0.330. The van der Waals surface area contributed by atoms with Crippen LogP contribution in [0, 0.1) is 11.3 Å². The fourth-order valence-corrected chi connectivity index (χ4v) is 3.11. The van der Waals surface area contributed by atoms with Crippen molar-refractivity contribution in [2.75, 3.05) is 13.6 Å². The van der Waals surface area contributed by atoms with Crippen LogP contribution in [0.25, 0.3) is 0 Å². The summed E-state index contributed by atoms with van der Waals surface area (Å²) < 4.78 is 0. The van der Waals surface area contributed by atoms with Crippen LogP contribution in [0.1, 0.15) is 59.8 Å². The first kappa shape index (κ1) is 15.0. The highest BCUT2D eigenvalue weighted by molar-refractivity contribution is 4.87. The molecule has 17 heavy (non-hydrogen) atoms. The van der Waals surface area contributed by atoms with Gasteiger partial charge in [0.2, 0.25) is 0 Å². The van der Waals surface area contributed by atoms with Gasteiger partial charge in [0.1, 0.15) is 0 Å². The second-order valence-electron chi connectivity index (χ2n) is 6.91. The average Bonchev–Trinajstić information content (AvgIpc) is 2.29. The molecule has 2 nitrogen and oxygen atoms in total. The summed E-state index contributed by atoms with van der Waals surface area (Å²) in [6.45, 7) is 10.1. The zero-order chi connectivity index (χ0) is 13.1. The van der Waals surface area contributed by atoms with Crippen LogP contribution in [0.15, 0.2) is 0 Å². The summed E-state index contributed by atoms with van der Waals surface area (Å²) in [5.41, 5.74) is 6.37. The summed E-state index contributed by atoms with van der Waals surface area (Å²) in [5.74, 6) is 0.823. The summed E-state index contributed by atoms with van der Waals surface area (Å²) in [5, 5.41) is 0. The Labute approximate surface area is 108 Å². The van der Waals surface area contributed by atoms with Gasteiger partial charge >= 0.3 is 0 Å². The van der Waals surface area contributed by atoms with Gasteiger partial charge < -0.3 is 5.73 Å². The molecule has 0 radical (unpaired) electrons. The minimum Gasteiger partial charge on any atom is -0.329 e. The van der Waals surface area contributed by atoms with E-state index in [9.17, 15) is 0 Å². The lowest BCUT2D eigenvalue weighted by Crippen LogP contribution is -2.51. The van der Waals surface area contributed by atoms with Gasteiger partial charge in [-0.15, -0.1) is 0 Å². The molecule has 2 heteroatoms. The normalized spacial score (nSPS) is 22.8. The van der Waals surface area contributed by atoms with E-state index < -0.39 is 0 Å². The zero-order valence-corrected chi connectivity index (χ0v) is 12.5. The molecule has 0 aromatic rings. The molecule has 0 saturated heterocycles. The number of rotatable bonds is 4. The van der Waals surface area contributed by atoms with Gasteiger partial charge in [0.25, 0.3) is 0 Å². The third-order valence-electron chi connectivity index (χ3n) is 4.82. The van der Waals surface area contributed by atoms with Crippen LogP contribution in [0.3, 0.4) is 0 Å². The molecule has 2 atom stereocenters. The monoisotopic (exact) mass is 240 g/mol. The average molecular weight is 240 g/mol. The van der Waals surface area contributed by atoms with Gasteiger partial charge in [-0.05, 0) is 38.1 Å². The first-order chi connectivity index (χ1) is 7.88. The van der Waals surface area contributed by atoms with E-state index in [4.69, 9.17) is 5.73 Å². The predicted molar refractivity (Wildman–Crippen MR) is 76.1 cm³/mol. The number of hydrogen-bond acceptors (Lipinski definition) is 2. The summed E-state index contributed by atoms with van der Waals surface area (Å²) in [6, 6.07) is 1.16. The van der Waals surface area contributed by atoms with Gasteiger partial charge in [-0.1, -0.05) is 40.0 Å². The molecule has 0 spiro atoms. The predicted octanol–water partition coefficient (Wildman–Crippen LogP) is 3.26. The number of likely N-dealkylation sites (N-methyl/N-ethyl adjacent to an activating group) is 1. The Morgan fingerprint density at radius 2 is 1.71 bits per heavy atom. The molecule has 0 bridgehead atoms. The Balaban J connectivity index is 2.65. The second kappa shape index (κ2) is 6.19. The molecule has 1 rings (SSSR count). The van der Waals surface area contributed by atoms with E-state index in [0.717, 1.165) is 12.5 Å². The fourth-order valence-electron chi connectivity index (χ4n) is 3.11. The molecule has 1 aliphatic carbocycles. The van der Waals surface area contributed by atoms with Crippen LogP contribution in [0.4, 0.5) is 0 Å². The summed E-state index contributed by atoms with van der Waals surface area (Å²) in [6.07, 6.45) is 6.98. The molecule has 1 aliphatic rings. The smallest absolute Gasteiger partial charge is 0.0246 e. The zero-order valence-electron chi connectivity index (χ0n) is 12.5. The molecular weight excluding hydrogens is 208 g/mol. The van der Waals surface area contributed by atoms with Crippen LogP contribution >= 0.6 is 0 Å². The van der Waals surface area contributed by atoms with Crippen LogP contribution < -0.4 is 5.73 Å². The number of hydrogen-bond donors (Lipinski definition) is 1. The van der Waals surface area contributed by atoms with Gasteiger partial charge in [0.05, 0.1) is 0 Å². The lowest BCUT2D eigenvalue weighted by Gasteiger charge is -2.43. The molecule has 0 aromatic carbocycles. The van der Waals surface area contributed by atoms with E-state index in [1.54, 1.807) is 0 Å². The molecule has 2 N–H and O–H groups in total. The maximum absolute atomic E-state index is 6.04. The molecule has 2 unspecified atom stereocenters. The van der Waals surface area contributed by atoms with Crippen molar-refractivity contribution in [1.82, 2.24) is 4.90 Å². The Bertz CT molecular complexity index is 213. The minimum atomic E-state index is 0.330. The highest BCUT2D eigenvalue weighted by atomic mass is 15.2. The molecule has 1 fully saturated rings. The highest BCUT2D eigenvalue weighted by Crippen LogP contribution is 2.32. The maximum atomic E-state index is 6.04. The van der Waals surface area contributed by atoms with Gasteiger partial charge in [0.15, 0.2) is 0 Å². The van der Waals surface area contributed by atoms with Crippen molar-refractivity contribution >= 4 is 0 Å². The second-order valence-corrected chi connectivity index (χ2v) is 6.91. The van der Waals surface area contributed by atoms with E-state index >= 15 is 0 Å². The molecular formula is C15H32N2. The van der Waals surface area contributed by atoms with Gasteiger partial charge in [-0.25, -0.2) is 0 Å². The van der Waals surface area contributed by atoms with Crippen molar-refractivity contribution in [2.45, 2.75) is 71.9 Å². The molecule has 102 valence electrons. The van der Waals surface area contributed by atoms with Crippen LogP contribution in [-0.2, 0) is 0 Å². The fraction of sp³-hybridized carbons (Fsp3) is 1.00. The van der Waals surface area contributed by atoms with E-state index in [-0.39, 0.29) is 0 Å². The van der Waals surface area contributed by atoms with E-state index in [0.29, 0.717) is 17.5 Å². The van der Waals surface area contributed by atoms with Crippen molar-refractivity contribution < 1.29 is 0 Å². The van der Waals surface area contributed by atoms with Crippen molar-refractivity contribution in [1.29, 1.82) is 0 Å². The summed E-state index contributed by atoms with van der Waals surface area (Å²) in [4.78, 5) is 2.54. The van der Waals surface area contributed by atoms with Crippen molar-refractivity contribution in [3.63, 3.8) is 0 Å². The Morgan fingerprint density at radius 1 is 1.18 bits per heavy atom. The largest absolute Gasteiger partial charge is 0.329 e. The van der Waals surface area contributed by atoms with Gasteiger partial charge in [0, 0.05) is 18.6 Å². The third-order valence-corrected chi connectivity index (χ3v) is 4.82. The SMILES string of the molecule is CC(N(C)C(CN)C1CCCCC1)C(C)(C)C. The highest BCUT2D eigenvalue weighted by Gasteiger charge is 2.32. The van der Waals surface area contributed by atoms with E-state index in [1.165, 1.54) is 32.1 Å². The third kappa shape index (κ3) is 3.96. The van der Waals surface area contributed by atoms with Crippen molar-refractivity contribution in [3.8, 4) is 0 Å². The Hall–Kier alpha value is -0.0800. The summed E-state index contributed by atoms with van der Waals surface area (Å²) in [7, 11) is 2.27. The van der Waals surface area contributed by atoms with Crippen molar-refractivity contribution in [2.24, 2.45) is 17.1 Å². The standard InChI is InChI=1S/C15H32N2/c1-12(15(2,3)4)17(5)14(11-16)13-9-7-6-8-10-13/h12-14H,6-11,16H2,1-5H3. The lowest BCUT2D eigenvalue weighted by molar-refractivity contribution is 0.0596. The maximum Gasteiger partial charge on any atom is 0.0246 e. The number of nitrogens with two attached hydrogens (primary N) is 1. The topological polar surface area (TPSA) is 29.3 Å². The Kier molecular flexibility index (Phi) is 5.46. The van der Waals surface area contributed by atoms with Crippen LogP contribution in [-0.4, -0.2) is 30.6 Å². The first-order valence-electron chi connectivity index (χ1n) is 7.30. The summed E-state index contributed by atoms with van der Waals surface area (Å²) >= 11 is 0. The van der Waals surface area contributed by atoms with Gasteiger partial charge in [-0.2, -0.15) is 0 Å². The lowest BCUT2D eigenvalue weighted by atomic mass is 9.80. The van der Waals surface area contributed by atoms with E-state index in [2.05, 4.69) is 39.6 Å². The molecule has 0 aliphatic heterocycles. The van der Waals surface area contributed by atoms with Crippen LogP contribution in [0.2, 0.25) is 0 Å². The number of nitrogens with zero attached hydrogens (tertiary/aromatic N) is 1.